The Hall–Kier alpha value is -0.260. The van der Waals surface area contributed by atoms with E-state index >= 15 is 0 Å². The molecule has 0 spiro atoms. The molecule has 14 heavy (non-hydrogen) atoms. The summed E-state index contributed by atoms with van der Waals surface area (Å²) in [4.78, 5) is 10.7. The Morgan fingerprint density at radius 1 is 1.71 bits per heavy atom. The second-order valence-electron chi connectivity index (χ2n) is 4.04. The van der Waals surface area contributed by atoms with Gasteiger partial charge in [0.05, 0.1) is 6.04 Å². The van der Waals surface area contributed by atoms with Crippen molar-refractivity contribution in [2.45, 2.75) is 30.6 Å². The number of hydrogen-bond donors (Lipinski definition) is 3. The van der Waals surface area contributed by atoms with Crippen LogP contribution in [0.15, 0.2) is 0 Å². The highest BCUT2D eigenvalue weighted by atomic mass is 32.2. The van der Waals surface area contributed by atoms with Crippen LogP contribution in [0.4, 0.5) is 0 Å². The fourth-order valence-corrected chi connectivity index (χ4v) is 2.84. The van der Waals surface area contributed by atoms with Crippen LogP contribution >= 0.6 is 11.8 Å². The van der Waals surface area contributed by atoms with Gasteiger partial charge < -0.3 is 16.8 Å². The van der Waals surface area contributed by atoms with E-state index in [0.29, 0.717) is 11.3 Å². The van der Waals surface area contributed by atoms with E-state index < -0.39 is 11.9 Å². The number of amides is 1. The van der Waals surface area contributed by atoms with Gasteiger partial charge in [0.1, 0.15) is 0 Å². The Bertz CT molecular complexity index is 204. The number of carbonyl (C=O) groups is 1. The van der Waals surface area contributed by atoms with Gasteiger partial charge >= 0.3 is 0 Å². The van der Waals surface area contributed by atoms with E-state index in [9.17, 15) is 4.79 Å². The standard InChI is InChI=1S/C9H19N3OS/c1-9(3-2-4-14-9)6-12-5-7(10)8(11)13/h7,12H,2-6,10H2,1H3,(H2,11,13). The molecule has 1 aliphatic rings. The van der Waals surface area contributed by atoms with Gasteiger partial charge in [-0.1, -0.05) is 0 Å². The monoisotopic (exact) mass is 217 g/mol. The molecule has 0 saturated carbocycles. The summed E-state index contributed by atoms with van der Waals surface area (Å²) >= 11 is 1.99. The quantitative estimate of drug-likeness (QED) is 0.589. The third kappa shape index (κ3) is 3.48. The molecule has 1 rings (SSSR count). The molecule has 0 aliphatic carbocycles. The lowest BCUT2D eigenvalue weighted by Gasteiger charge is -2.23. The molecule has 1 fully saturated rings. The van der Waals surface area contributed by atoms with E-state index in [1.807, 2.05) is 11.8 Å². The first-order chi connectivity index (χ1) is 6.53. The lowest BCUT2D eigenvalue weighted by molar-refractivity contribution is -0.119. The zero-order valence-electron chi connectivity index (χ0n) is 8.58. The summed E-state index contributed by atoms with van der Waals surface area (Å²) in [5.74, 6) is 0.793. The van der Waals surface area contributed by atoms with Crippen molar-refractivity contribution >= 4 is 17.7 Å². The molecule has 0 radical (unpaired) electrons. The maximum absolute atomic E-state index is 10.7. The van der Waals surface area contributed by atoms with Crippen LogP contribution in [0.5, 0.6) is 0 Å². The SMILES string of the molecule is CC1(CNCC(N)C(N)=O)CCCS1. The van der Waals surface area contributed by atoms with Crippen LogP contribution in [0.2, 0.25) is 0 Å². The van der Waals surface area contributed by atoms with E-state index in [0.717, 1.165) is 6.54 Å². The summed E-state index contributed by atoms with van der Waals surface area (Å²) in [5, 5.41) is 3.20. The molecule has 1 amide bonds. The van der Waals surface area contributed by atoms with Crippen LogP contribution in [-0.2, 0) is 4.79 Å². The Balaban J connectivity index is 2.17. The molecular formula is C9H19N3OS. The highest BCUT2D eigenvalue weighted by molar-refractivity contribution is 8.00. The number of thioether (sulfide) groups is 1. The molecule has 0 bridgehead atoms. The third-order valence-electron chi connectivity index (χ3n) is 2.53. The first-order valence-electron chi connectivity index (χ1n) is 4.93. The van der Waals surface area contributed by atoms with E-state index in [2.05, 4.69) is 12.2 Å². The average Bonchev–Trinajstić information content (AvgIpc) is 2.52. The van der Waals surface area contributed by atoms with Crippen molar-refractivity contribution in [2.75, 3.05) is 18.8 Å². The first kappa shape index (κ1) is 11.8. The minimum Gasteiger partial charge on any atom is -0.368 e. The molecule has 5 heteroatoms. The Kier molecular flexibility index (Phi) is 4.22. The zero-order chi connectivity index (χ0) is 10.6. The van der Waals surface area contributed by atoms with Gasteiger partial charge in [-0.25, -0.2) is 0 Å². The molecule has 5 N–H and O–H groups in total. The summed E-state index contributed by atoms with van der Waals surface area (Å²) in [6, 6.07) is -0.565. The van der Waals surface area contributed by atoms with Crippen molar-refractivity contribution in [3.63, 3.8) is 0 Å². The first-order valence-corrected chi connectivity index (χ1v) is 5.92. The average molecular weight is 217 g/mol. The van der Waals surface area contributed by atoms with Gasteiger partial charge in [0, 0.05) is 17.8 Å². The minimum absolute atomic E-state index is 0.317. The zero-order valence-corrected chi connectivity index (χ0v) is 9.40. The van der Waals surface area contributed by atoms with Crippen LogP contribution in [0.25, 0.3) is 0 Å². The number of nitrogens with one attached hydrogen (secondary N) is 1. The van der Waals surface area contributed by atoms with Gasteiger partial charge in [-0.15, -0.1) is 0 Å². The van der Waals surface area contributed by atoms with Crippen LogP contribution in [0.1, 0.15) is 19.8 Å². The number of nitrogens with two attached hydrogens (primary N) is 2. The van der Waals surface area contributed by atoms with Gasteiger partial charge in [0.2, 0.25) is 5.91 Å². The molecule has 0 aromatic heterocycles. The van der Waals surface area contributed by atoms with Gasteiger partial charge in [0.25, 0.3) is 0 Å². The largest absolute Gasteiger partial charge is 0.368 e. The van der Waals surface area contributed by atoms with E-state index in [-0.39, 0.29) is 0 Å². The number of hydrogen-bond acceptors (Lipinski definition) is 4. The van der Waals surface area contributed by atoms with Crippen LogP contribution in [0, 0.1) is 0 Å². The predicted molar refractivity (Wildman–Crippen MR) is 60.1 cm³/mol. The molecule has 2 unspecified atom stereocenters. The molecular weight excluding hydrogens is 198 g/mol. The molecule has 82 valence electrons. The lowest BCUT2D eigenvalue weighted by atomic mass is 10.1. The molecule has 4 nitrogen and oxygen atoms in total. The summed E-state index contributed by atoms with van der Waals surface area (Å²) in [6.45, 7) is 3.62. The fourth-order valence-electron chi connectivity index (χ4n) is 1.57. The van der Waals surface area contributed by atoms with Crippen molar-refractivity contribution in [1.29, 1.82) is 0 Å². The molecule has 1 saturated heterocycles. The highest BCUT2D eigenvalue weighted by Gasteiger charge is 2.28. The molecule has 0 aromatic carbocycles. The van der Waals surface area contributed by atoms with Gasteiger partial charge in [-0.05, 0) is 25.5 Å². The van der Waals surface area contributed by atoms with E-state index in [4.69, 9.17) is 11.5 Å². The van der Waals surface area contributed by atoms with Crippen molar-refractivity contribution in [3.8, 4) is 0 Å². The van der Waals surface area contributed by atoms with Crippen molar-refractivity contribution in [2.24, 2.45) is 11.5 Å². The number of primary amides is 1. The normalized spacial score (nSPS) is 29.0. The van der Waals surface area contributed by atoms with Crippen LogP contribution in [-0.4, -0.2) is 35.5 Å². The molecule has 2 atom stereocenters. The van der Waals surface area contributed by atoms with Crippen molar-refractivity contribution in [1.82, 2.24) is 5.32 Å². The maximum atomic E-state index is 10.7. The second-order valence-corrected chi connectivity index (χ2v) is 5.72. The summed E-state index contributed by atoms with van der Waals surface area (Å²) < 4.78 is 0.317. The Labute approximate surface area is 89.2 Å². The second kappa shape index (κ2) is 5.00. The van der Waals surface area contributed by atoms with Crippen LogP contribution in [0.3, 0.4) is 0 Å². The topological polar surface area (TPSA) is 81.1 Å². The summed E-state index contributed by atoms with van der Waals surface area (Å²) in [5.41, 5.74) is 10.6. The maximum Gasteiger partial charge on any atom is 0.235 e. The number of carbonyl (C=O) groups excluding carboxylic acids is 1. The van der Waals surface area contributed by atoms with Gasteiger partial charge in [-0.3, -0.25) is 4.79 Å². The highest BCUT2D eigenvalue weighted by Crippen LogP contribution is 2.36. The van der Waals surface area contributed by atoms with E-state index in [1.165, 1.54) is 18.6 Å². The van der Waals surface area contributed by atoms with Crippen molar-refractivity contribution < 1.29 is 4.79 Å². The fraction of sp³-hybridized carbons (Fsp3) is 0.889. The minimum atomic E-state index is -0.565. The third-order valence-corrected chi connectivity index (χ3v) is 4.07. The smallest absolute Gasteiger partial charge is 0.235 e. The van der Waals surface area contributed by atoms with Gasteiger partial charge in [-0.2, -0.15) is 11.8 Å². The van der Waals surface area contributed by atoms with Crippen LogP contribution < -0.4 is 16.8 Å². The number of rotatable bonds is 5. The predicted octanol–water partition coefficient (Wildman–Crippen LogP) is -0.326. The molecule has 1 heterocycles. The van der Waals surface area contributed by atoms with Gasteiger partial charge in [0.15, 0.2) is 0 Å². The Morgan fingerprint density at radius 3 is 2.93 bits per heavy atom. The summed E-state index contributed by atoms with van der Waals surface area (Å²) in [7, 11) is 0. The lowest BCUT2D eigenvalue weighted by Crippen LogP contribution is -2.46. The van der Waals surface area contributed by atoms with E-state index in [1.54, 1.807) is 0 Å². The summed E-state index contributed by atoms with van der Waals surface area (Å²) in [6.07, 6.45) is 2.52. The molecule has 1 aliphatic heterocycles. The molecule has 0 aromatic rings. The van der Waals surface area contributed by atoms with Crippen molar-refractivity contribution in [3.05, 3.63) is 0 Å². The Morgan fingerprint density at radius 2 is 2.43 bits per heavy atom.